The Morgan fingerprint density at radius 1 is 1.28 bits per heavy atom. The molecule has 0 amide bonds. The summed E-state index contributed by atoms with van der Waals surface area (Å²) in [6.07, 6.45) is 0.813. The van der Waals surface area contributed by atoms with E-state index in [1.165, 1.54) is 12.1 Å². The van der Waals surface area contributed by atoms with Gasteiger partial charge in [-0.1, -0.05) is 6.92 Å². The molecule has 0 aromatic heterocycles. The molecule has 7 heteroatoms. The number of anilines is 1. The molecule has 1 aromatic rings. The van der Waals surface area contributed by atoms with Gasteiger partial charge in [-0.05, 0) is 30.7 Å². The van der Waals surface area contributed by atoms with E-state index in [-0.39, 0.29) is 10.9 Å². The van der Waals surface area contributed by atoms with Crippen LogP contribution in [0.1, 0.15) is 13.3 Å². The van der Waals surface area contributed by atoms with Crippen molar-refractivity contribution in [2.45, 2.75) is 30.0 Å². The third-order valence-electron chi connectivity index (χ3n) is 2.57. The number of benzene rings is 1. The minimum Gasteiger partial charge on any atom is -0.381 e. The van der Waals surface area contributed by atoms with Gasteiger partial charge in [-0.2, -0.15) is 8.78 Å². The van der Waals surface area contributed by atoms with E-state index in [0.29, 0.717) is 12.2 Å². The monoisotopic (exact) mass is 278 g/mol. The Morgan fingerprint density at radius 2 is 1.83 bits per heavy atom. The van der Waals surface area contributed by atoms with Crippen LogP contribution in [0.25, 0.3) is 0 Å². The number of nitrogens with two attached hydrogens (primary N) is 1. The first-order valence-corrected chi connectivity index (χ1v) is 7.05. The molecule has 1 atom stereocenters. The fraction of sp³-hybridized carbons (Fsp3) is 0.455. The van der Waals surface area contributed by atoms with Gasteiger partial charge >= 0.3 is 5.76 Å². The molecule has 3 N–H and O–H groups in total. The first-order valence-electron chi connectivity index (χ1n) is 5.50. The fourth-order valence-electron chi connectivity index (χ4n) is 1.41. The van der Waals surface area contributed by atoms with Gasteiger partial charge < -0.3 is 11.1 Å². The molecule has 0 aliphatic heterocycles. The van der Waals surface area contributed by atoms with E-state index in [1.807, 2.05) is 6.92 Å². The van der Waals surface area contributed by atoms with Gasteiger partial charge in [0, 0.05) is 18.3 Å². The van der Waals surface area contributed by atoms with Crippen LogP contribution in [0.15, 0.2) is 29.2 Å². The van der Waals surface area contributed by atoms with Crippen molar-refractivity contribution in [3.8, 4) is 0 Å². The van der Waals surface area contributed by atoms with Crippen LogP contribution in [-0.2, 0) is 9.84 Å². The number of nitrogens with one attached hydrogen (secondary N) is 1. The van der Waals surface area contributed by atoms with Crippen LogP contribution in [0.3, 0.4) is 0 Å². The van der Waals surface area contributed by atoms with Crippen LogP contribution in [0, 0.1) is 0 Å². The van der Waals surface area contributed by atoms with Crippen LogP contribution in [0.4, 0.5) is 14.5 Å². The maximum atomic E-state index is 12.3. The van der Waals surface area contributed by atoms with Crippen molar-refractivity contribution >= 4 is 15.5 Å². The van der Waals surface area contributed by atoms with Crippen molar-refractivity contribution in [2.75, 3.05) is 11.9 Å². The van der Waals surface area contributed by atoms with Crippen molar-refractivity contribution in [3.05, 3.63) is 24.3 Å². The zero-order valence-corrected chi connectivity index (χ0v) is 10.8. The molecular weight excluding hydrogens is 262 g/mol. The van der Waals surface area contributed by atoms with Crippen molar-refractivity contribution < 1.29 is 17.2 Å². The molecule has 1 unspecified atom stereocenters. The van der Waals surface area contributed by atoms with Gasteiger partial charge in [-0.15, -0.1) is 0 Å². The molecule has 1 aromatic carbocycles. The molecular formula is C11H16F2N2O2S. The quantitative estimate of drug-likeness (QED) is 0.832. The molecule has 0 fully saturated rings. The number of alkyl halides is 2. The molecule has 0 bridgehead atoms. The summed E-state index contributed by atoms with van der Waals surface area (Å²) in [6.45, 7) is 2.40. The second-order valence-electron chi connectivity index (χ2n) is 3.82. The molecule has 18 heavy (non-hydrogen) atoms. The smallest absolute Gasteiger partial charge is 0.341 e. The molecule has 0 aliphatic carbocycles. The lowest BCUT2D eigenvalue weighted by molar-refractivity contribution is 0.234. The zero-order valence-electron chi connectivity index (χ0n) is 9.94. The zero-order chi connectivity index (χ0) is 13.8. The second kappa shape index (κ2) is 6.10. The summed E-state index contributed by atoms with van der Waals surface area (Å²) in [7, 11) is -4.52. The molecule has 0 saturated carbocycles. The lowest BCUT2D eigenvalue weighted by Gasteiger charge is -2.16. The molecule has 0 heterocycles. The Morgan fingerprint density at radius 3 is 2.22 bits per heavy atom. The van der Waals surface area contributed by atoms with E-state index < -0.39 is 15.6 Å². The number of hydrogen-bond donors (Lipinski definition) is 2. The minimum absolute atomic E-state index is 0.0718. The van der Waals surface area contributed by atoms with Gasteiger partial charge in [0.15, 0.2) is 0 Å². The Balaban J connectivity index is 2.87. The summed E-state index contributed by atoms with van der Waals surface area (Å²) >= 11 is 0. The highest BCUT2D eigenvalue weighted by atomic mass is 32.2. The summed E-state index contributed by atoms with van der Waals surface area (Å²) in [4.78, 5) is -0.385. The Labute approximate surface area is 105 Å². The largest absolute Gasteiger partial charge is 0.381 e. The van der Waals surface area contributed by atoms with E-state index >= 15 is 0 Å². The molecule has 1 rings (SSSR count). The SMILES string of the molecule is CCC(CN)Nc1ccc(S(=O)(=O)C(F)F)cc1. The van der Waals surface area contributed by atoms with Gasteiger partial charge in [0.2, 0.25) is 9.84 Å². The average molecular weight is 278 g/mol. The summed E-state index contributed by atoms with van der Waals surface area (Å²) < 4.78 is 47.0. The molecule has 0 aliphatic rings. The van der Waals surface area contributed by atoms with Gasteiger partial charge in [0.25, 0.3) is 0 Å². The third kappa shape index (κ3) is 3.39. The number of rotatable bonds is 6. The topological polar surface area (TPSA) is 72.2 Å². The van der Waals surface area contributed by atoms with Crippen LogP contribution in [-0.4, -0.2) is 26.8 Å². The van der Waals surface area contributed by atoms with E-state index in [1.54, 1.807) is 0 Å². The van der Waals surface area contributed by atoms with Crippen LogP contribution < -0.4 is 11.1 Å². The van der Waals surface area contributed by atoms with Crippen molar-refractivity contribution in [2.24, 2.45) is 5.73 Å². The molecule has 0 radical (unpaired) electrons. The number of hydrogen-bond acceptors (Lipinski definition) is 4. The number of halogens is 2. The molecule has 0 saturated heterocycles. The fourth-order valence-corrected chi connectivity index (χ4v) is 2.13. The van der Waals surface area contributed by atoms with Crippen LogP contribution in [0.2, 0.25) is 0 Å². The summed E-state index contributed by atoms with van der Waals surface area (Å²) in [6, 6.07) is 5.30. The van der Waals surface area contributed by atoms with Crippen molar-refractivity contribution in [1.29, 1.82) is 0 Å². The Hall–Kier alpha value is -1.21. The molecule has 4 nitrogen and oxygen atoms in total. The Bertz CT molecular complexity index is 470. The highest BCUT2D eigenvalue weighted by Crippen LogP contribution is 2.20. The normalized spacial score (nSPS) is 13.6. The van der Waals surface area contributed by atoms with Gasteiger partial charge in [0.1, 0.15) is 0 Å². The van der Waals surface area contributed by atoms with Crippen molar-refractivity contribution in [3.63, 3.8) is 0 Å². The lowest BCUT2D eigenvalue weighted by Crippen LogP contribution is -2.27. The van der Waals surface area contributed by atoms with E-state index in [2.05, 4.69) is 5.32 Å². The highest BCUT2D eigenvalue weighted by Gasteiger charge is 2.26. The van der Waals surface area contributed by atoms with Crippen molar-refractivity contribution in [1.82, 2.24) is 0 Å². The summed E-state index contributed by atoms with van der Waals surface area (Å²) in [5.41, 5.74) is 6.17. The molecule has 0 spiro atoms. The number of sulfone groups is 1. The summed E-state index contributed by atoms with van der Waals surface area (Å²) in [5.74, 6) is -3.40. The highest BCUT2D eigenvalue weighted by molar-refractivity contribution is 7.91. The third-order valence-corrected chi connectivity index (χ3v) is 3.96. The predicted octanol–water partition coefficient (Wildman–Crippen LogP) is 1.83. The van der Waals surface area contributed by atoms with Gasteiger partial charge in [-0.25, -0.2) is 8.42 Å². The standard InChI is InChI=1S/C11H16F2N2O2S/c1-2-8(7-14)15-9-3-5-10(6-4-9)18(16,17)11(12)13/h3-6,8,11,15H,2,7,14H2,1H3. The Kier molecular flexibility index (Phi) is 5.03. The minimum atomic E-state index is -4.52. The van der Waals surface area contributed by atoms with E-state index in [4.69, 9.17) is 5.73 Å². The maximum Gasteiger partial charge on any atom is 0.341 e. The summed E-state index contributed by atoms with van der Waals surface area (Å²) in [5, 5.41) is 3.08. The van der Waals surface area contributed by atoms with E-state index in [9.17, 15) is 17.2 Å². The predicted molar refractivity (Wildman–Crippen MR) is 66.4 cm³/mol. The van der Waals surface area contributed by atoms with E-state index in [0.717, 1.165) is 18.6 Å². The first kappa shape index (κ1) is 14.8. The lowest BCUT2D eigenvalue weighted by atomic mass is 10.2. The van der Waals surface area contributed by atoms with Crippen LogP contribution >= 0.6 is 0 Å². The van der Waals surface area contributed by atoms with Gasteiger partial charge in [0.05, 0.1) is 4.90 Å². The first-order chi connectivity index (χ1) is 8.41. The maximum absolute atomic E-state index is 12.3. The average Bonchev–Trinajstić information content (AvgIpc) is 2.36. The second-order valence-corrected chi connectivity index (χ2v) is 5.73. The molecule has 102 valence electrons. The van der Waals surface area contributed by atoms with Gasteiger partial charge in [-0.3, -0.25) is 0 Å². The van der Waals surface area contributed by atoms with Crippen LogP contribution in [0.5, 0.6) is 0 Å².